The van der Waals surface area contributed by atoms with Crippen LogP contribution in [0.25, 0.3) is 0 Å². The molecule has 0 radical (unpaired) electrons. The summed E-state index contributed by atoms with van der Waals surface area (Å²) in [6, 6.07) is 0. The summed E-state index contributed by atoms with van der Waals surface area (Å²) in [7, 11) is 0. The normalized spacial score (nSPS) is 29.2. The average Bonchev–Trinajstić information content (AvgIpc) is 3.07. The second kappa shape index (κ2) is 4.44. The number of hydrogen-bond donors (Lipinski definition) is 1. The number of alkyl halides is 3. The first-order valence-corrected chi connectivity index (χ1v) is 5.89. The molecule has 0 bridgehead atoms. The maximum atomic E-state index is 12.4. The van der Waals surface area contributed by atoms with Crippen LogP contribution >= 0.6 is 0 Å². The number of rotatable bonds is 2. The molecular weight excluding hydrogens is 251 g/mol. The molecule has 2 fully saturated rings. The lowest BCUT2D eigenvalue weighted by molar-refractivity contribution is -0.186. The van der Waals surface area contributed by atoms with Crippen molar-refractivity contribution in [3.8, 4) is 0 Å². The van der Waals surface area contributed by atoms with Gasteiger partial charge in [0.1, 0.15) is 0 Å². The number of hydrogen-bond acceptors (Lipinski definition) is 2. The van der Waals surface area contributed by atoms with Gasteiger partial charge in [0.25, 0.3) is 0 Å². The molecule has 2 rings (SSSR count). The number of carbonyl (C=O) groups excluding carboxylic acids is 1. The van der Waals surface area contributed by atoms with E-state index in [2.05, 4.69) is 0 Å². The van der Waals surface area contributed by atoms with Crippen LogP contribution in [0.5, 0.6) is 0 Å². The van der Waals surface area contributed by atoms with E-state index in [0.29, 0.717) is 6.42 Å². The molecular formula is C11H14F3NO3. The molecule has 0 spiro atoms. The van der Waals surface area contributed by atoms with E-state index in [9.17, 15) is 22.8 Å². The molecule has 1 amide bonds. The Labute approximate surface area is 102 Å². The molecule has 1 N–H and O–H groups in total. The monoisotopic (exact) mass is 265 g/mol. The predicted molar refractivity (Wildman–Crippen MR) is 54.6 cm³/mol. The lowest BCUT2D eigenvalue weighted by atomic mass is 9.96. The highest BCUT2D eigenvalue weighted by molar-refractivity contribution is 5.89. The van der Waals surface area contributed by atoms with Crippen molar-refractivity contribution in [2.75, 3.05) is 13.1 Å². The molecule has 1 aliphatic carbocycles. The van der Waals surface area contributed by atoms with Gasteiger partial charge in [0, 0.05) is 13.1 Å². The molecule has 4 nitrogen and oxygen atoms in total. The molecule has 2 aliphatic rings. The van der Waals surface area contributed by atoms with Gasteiger partial charge in [-0.15, -0.1) is 0 Å². The molecule has 1 saturated carbocycles. The zero-order chi connectivity index (χ0) is 13.5. The van der Waals surface area contributed by atoms with Crippen LogP contribution in [0.1, 0.15) is 19.3 Å². The lowest BCUT2D eigenvalue weighted by Gasteiger charge is -2.33. The third-order valence-corrected chi connectivity index (χ3v) is 3.69. The third-order valence-electron chi connectivity index (χ3n) is 3.69. The quantitative estimate of drug-likeness (QED) is 0.823. The summed E-state index contributed by atoms with van der Waals surface area (Å²) in [6.45, 7) is 0.150. The Morgan fingerprint density at radius 3 is 2.06 bits per heavy atom. The van der Waals surface area contributed by atoms with Crippen LogP contribution in [-0.4, -0.2) is 41.1 Å². The molecule has 2 atom stereocenters. The van der Waals surface area contributed by atoms with Gasteiger partial charge in [-0.2, -0.15) is 13.2 Å². The van der Waals surface area contributed by atoms with Crippen LogP contribution in [0.2, 0.25) is 0 Å². The molecule has 1 saturated heterocycles. The smallest absolute Gasteiger partial charge is 0.391 e. The second-order valence-electron chi connectivity index (χ2n) is 4.93. The SMILES string of the molecule is O=C(O)[C@@H]1C[C@@H]1C(=O)N1CCC(C(F)(F)F)CC1. The van der Waals surface area contributed by atoms with E-state index < -0.39 is 29.9 Å². The molecule has 102 valence electrons. The highest BCUT2D eigenvalue weighted by atomic mass is 19.4. The maximum absolute atomic E-state index is 12.4. The Balaban J connectivity index is 1.84. The Bertz CT molecular complexity index is 361. The fourth-order valence-corrected chi connectivity index (χ4v) is 2.40. The van der Waals surface area contributed by atoms with Crippen molar-refractivity contribution in [1.82, 2.24) is 4.90 Å². The summed E-state index contributed by atoms with van der Waals surface area (Å²) < 4.78 is 37.3. The van der Waals surface area contributed by atoms with Gasteiger partial charge in [-0.3, -0.25) is 9.59 Å². The van der Waals surface area contributed by atoms with Gasteiger partial charge in [0.05, 0.1) is 17.8 Å². The first-order chi connectivity index (χ1) is 8.30. The molecule has 7 heteroatoms. The fraction of sp³-hybridized carbons (Fsp3) is 0.818. The molecule has 18 heavy (non-hydrogen) atoms. The minimum atomic E-state index is -4.20. The van der Waals surface area contributed by atoms with Gasteiger partial charge < -0.3 is 10.0 Å². The minimum absolute atomic E-state index is 0.0752. The Kier molecular flexibility index (Phi) is 3.25. The fourth-order valence-electron chi connectivity index (χ4n) is 2.40. The zero-order valence-electron chi connectivity index (χ0n) is 9.61. The van der Waals surface area contributed by atoms with E-state index in [-0.39, 0.29) is 31.8 Å². The summed E-state index contributed by atoms with van der Waals surface area (Å²) >= 11 is 0. The van der Waals surface area contributed by atoms with E-state index in [1.165, 1.54) is 4.90 Å². The first-order valence-electron chi connectivity index (χ1n) is 5.89. The number of nitrogens with zero attached hydrogens (tertiary/aromatic N) is 1. The second-order valence-corrected chi connectivity index (χ2v) is 4.93. The number of aliphatic carboxylic acids is 1. The molecule has 1 aliphatic heterocycles. The van der Waals surface area contributed by atoms with Crippen LogP contribution in [-0.2, 0) is 9.59 Å². The van der Waals surface area contributed by atoms with Crippen molar-refractivity contribution in [2.24, 2.45) is 17.8 Å². The Morgan fingerprint density at radius 2 is 1.67 bits per heavy atom. The van der Waals surface area contributed by atoms with Crippen molar-refractivity contribution in [3.05, 3.63) is 0 Å². The number of carboxylic acid groups (broad SMARTS) is 1. The van der Waals surface area contributed by atoms with Gasteiger partial charge in [0.15, 0.2) is 0 Å². The standard InChI is InChI=1S/C11H14F3NO3/c12-11(13,14)6-1-3-15(4-2-6)9(16)7-5-8(7)10(17)18/h6-8H,1-5H2,(H,17,18)/t7-,8+/m0/s1. The summed E-state index contributed by atoms with van der Waals surface area (Å²) in [6.07, 6.45) is -4.05. The van der Waals surface area contributed by atoms with E-state index in [1.807, 2.05) is 0 Å². The predicted octanol–water partition coefficient (Wildman–Crippen LogP) is 1.51. The third kappa shape index (κ3) is 2.59. The van der Waals surface area contributed by atoms with Crippen LogP contribution in [0, 0.1) is 17.8 Å². The number of carboxylic acids is 1. The van der Waals surface area contributed by atoms with E-state index in [1.54, 1.807) is 0 Å². The highest BCUT2D eigenvalue weighted by Gasteiger charge is 2.51. The van der Waals surface area contributed by atoms with E-state index in [4.69, 9.17) is 5.11 Å². The summed E-state index contributed by atoms with van der Waals surface area (Å²) in [5, 5.41) is 8.70. The van der Waals surface area contributed by atoms with Gasteiger partial charge >= 0.3 is 12.1 Å². The molecule has 0 unspecified atom stereocenters. The maximum Gasteiger partial charge on any atom is 0.391 e. The number of carbonyl (C=O) groups is 2. The van der Waals surface area contributed by atoms with Crippen LogP contribution in [0.15, 0.2) is 0 Å². The molecule has 0 aromatic rings. The number of piperidine rings is 1. The van der Waals surface area contributed by atoms with Crippen LogP contribution < -0.4 is 0 Å². The van der Waals surface area contributed by atoms with Crippen molar-refractivity contribution >= 4 is 11.9 Å². The number of likely N-dealkylation sites (tertiary alicyclic amines) is 1. The Morgan fingerprint density at radius 1 is 1.11 bits per heavy atom. The first kappa shape index (κ1) is 13.2. The van der Waals surface area contributed by atoms with Gasteiger partial charge in [-0.05, 0) is 19.3 Å². The number of halogens is 3. The molecule has 0 aromatic carbocycles. The summed E-state index contributed by atoms with van der Waals surface area (Å²) in [5.74, 6) is -3.81. The van der Waals surface area contributed by atoms with Gasteiger partial charge in [-0.1, -0.05) is 0 Å². The van der Waals surface area contributed by atoms with Crippen LogP contribution in [0.4, 0.5) is 13.2 Å². The zero-order valence-corrected chi connectivity index (χ0v) is 9.61. The van der Waals surface area contributed by atoms with Crippen LogP contribution in [0.3, 0.4) is 0 Å². The largest absolute Gasteiger partial charge is 0.481 e. The Hall–Kier alpha value is -1.27. The van der Waals surface area contributed by atoms with Crippen molar-refractivity contribution in [2.45, 2.75) is 25.4 Å². The summed E-state index contributed by atoms with van der Waals surface area (Å²) in [5.41, 5.74) is 0. The van der Waals surface area contributed by atoms with E-state index >= 15 is 0 Å². The molecule has 1 heterocycles. The average molecular weight is 265 g/mol. The minimum Gasteiger partial charge on any atom is -0.481 e. The lowest BCUT2D eigenvalue weighted by Crippen LogP contribution is -2.43. The van der Waals surface area contributed by atoms with Crippen molar-refractivity contribution in [1.29, 1.82) is 0 Å². The highest BCUT2D eigenvalue weighted by Crippen LogP contribution is 2.41. The van der Waals surface area contributed by atoms with Gasteiger partial charge in [-0.25, -0.2) is 0 Å². The number of amides is 1. The molecule has 0 aromatic heterocycles. The topological polar surface area (TPSA) is 57.6 Å². The summed E-state index contributed by atoms with van der Waals surface area (Å²) in [4.78, 5) is 23.8. The van der Waals surface area contributed by atoms with Crippen molar-refractivity contribution < 1.29 is 27.9 Å². The van der Waals surface area contributed by atoms with Crippen molar-refractivity contribution in [3.63, 3.8) is 0 Å². The van der Waals surface area contributed by atoms with Gasteiger partial charge in [0.2, 0.25) is 5.91 Å². The van der Waals surface area contributed by atoms with E-state index in [0.717, 1.165) is 0 Å².